The minimum absolute atomic E-state index is 0.493. The Balaban J connectivity index is 2.40. The van der Waals surface area contributed by atoms with E-state index in [1.165, 1.54) is 0 Å². The number of hydrogen-bond acceptors (Lipinski definition) is 1. The van der Waals surface area contributed by atoms with Crippen molar-refractivity contribution in [2.24, 2.45) is 5.92 Å². The van der Waals surface area contributed by atoms with Crippen LogP contribution in [-0.4, -0.2) is 4.98 Å². The van der Waals surface area contributed by atoms with Crippen LogP contribution in [0.15, 0.2) is 48.4 Å². The van der Waals surface area contributed by atoms with E-state index in [9.17, 15) is 0 Å². The minimum atomic E-state index is 0.493. The highest BCUT2D eigenvalue weighted by molar-refractivity contribution is 5.71. The van der Waals surface area contributed by atoms with Crippen LogP contribution in [0.5, 0.6) is 0 Å². The maximum Gasteiger partial charge on any atom is 0.0779 e. The van der Waals surface area contributed by atoms with Crippen LogP contribution in [0.1, 0.15) is 12.6 Å². The van der Waals surface area contributed by atoms with Crippen molar-refractivity contribution in [1.82, 2.24) is 4.98 Å². The zero-order valence-corrected chi connectivity index (χ0v) is 7.57. The van der Waals surface area contributed by atoms with Crippen molar-refractivity contribution in [1.29, 1.82) is 0 Å². The summed E-state index contributed by atoms with van der Waals surface area (Å²) in [6, 6.07) is 5.91. The van der Waals surface area contributed by atoms with Crippen molar-refractivity contribution < 1.29 is 0 Å². The number of aromatic nitrogens is 1. The van der Waals surface area contributed by atoms with E-state index in [2.05, 4.69) is 35.9 Å². The molecule has 0 N–H and O–H groups in total. The van der Waals surface area contributed by atoms with Gasteiger partial charge in [-0.25, -0.2) is 0 Å². The van der Waals surface area contributed by atoms with Crippen molar-refractivity contribution in [3.8, 4) is 0 Å². The molecule has 64 valence electrons. The van der Waals surface area contributed by atoms with Crippen LogP contribution in [0.3, 0.4) is 0 Å². The second kappa shape index (κ2) is 3.42. The van der Waals surface area contributed by atoms with E-state index in [1.807, 2.05) is 18.2 Å². The van der Waals surface area contributed by atoms with Gasteiger partial charge in [-0.3, -0.25) is 4.98 Å². The number of hydrogen-bond donors (Lipinski definition) is 0. The van der Waals surface area contributed by atoms with Gasteiger partial charge in [0.05, 0.1) is 5.69 Å². The average molecular weight is 169 g/mol. The van der Waals surface area contributed by atoms with Gasteiger partial charge in [0.15, 0.2) is 0 Å². The van der Waals surface area contributed by atoms with Gasteiger partial charge in [-0.1, -0.05) is 19.1 Å². The number of rotatable bonds is 1. The molecule has 1 heterocycles. The van der Waals surface area contributed by atoms with E-state index >= 15 is 0 Å². The topological polar surface area (TPSA) is 12.9 Å². The SMILES string of the molecule is CC1C=C=C(c2ccccn2)C=C1. The van der Waals surface area contributed by atoms with Crippen molar-refractivity contribution in [2.75, 3.05) is 0 Å². The van der Waals surface area contributed by atoms with Gasteiger partial charge >= 0.3 is 0 Å². The number of nitrogens with zero attached hydrogens (tertiary/aromatic N) is 1. The fourth-order valence-corrected chi connectivity index (χ4v) is 1.25. The Morgan fingerprint density at radius 2 is 2.31 bits per heavy atom. The Morgan fingerprint density at radius 1 is 1.38 bits per heavy atom. The fraction of sp³-hybridized carbons (Fsp3) is 0.167. The van der Waals surface area contributed by atoms with Crippen molar-refractivity contribution in [3.63, 3.8) is 0 Å². The van der Waals surface area contributed by atoms with Crippen LogP contribution < -0.4 is 0 Å². The van der Waals surface area contributed by atoms with Crippen LogP contribution in [0.4, 0.5) is 0 Å². The molecule has 0 fully saturated rings. The highest BCUT2D eigenvalue weighted by Gasteiger charge is 2.01. The molecule has 0 aromatic carbocycles. The molecule has 0 bridgehead atoms. The molecule has 0 radical (unpaired) electrons. The molecule has 1 aliphatic rings. The molecule has 0 aliphatic heterocycles. The molecule has 1 atom stereocenters. The highest BCUT2D eigenvalue weighted by Crippen LogP contribution is 2.16. The molecular weight excluding hydrogens is 158 g/mol. The second-order valence-electron chi connectivity index (χ2n) is 3.16. The molecule has 13 heavy (non-hydrogen) atoms. The third kappa shape index (κ3) is 1.77. The lowest BCUT2D eigenvalue weighted by Gasteiger charge is -2.04. The average Bonchev–Trinajstić information content (AvgIpc) is 2.20. The summed E-state index contributed by atoms with van der Waals surface area (Å²) < 4.78 is 0. The maximum absolute atomic E-state index is 4.26. The predicted octanol–water partition coefficient (Wildman–Crippen LogP) is 2.83. The van der Waals surface area contributed by atoms with E-state index in [0.29, 0.717) is 5.92 Å². The number of pyridine rings is 1. The maximum atomic E-state index is 4.26. The molecule has 2 rings (SSSR count). The van der Waals surface area contributed by atoms with Crippen molar-refractivity contribution >= 4 is 5.57 Å². The Kier molecular flexibility index (Phi) is 2.11. The van der Waals surface area contributed by atoms with E-state index in [-0.39, 0.29) is 0 Å². The van der Waals surface area contributed by atoms with Crippen LogP contribution in [0, 0.1) is 5.92 Å². The quantitative estimate of drug-likeness (QED) is 0.589. The molecule has 1 heteroatoms. The summed E-state index contributed by atoms with van der Waals surface area (Å²) in [6.07, 6.45) is 8.09. The van der Waals surface area contributed by atoms with E-state index in [1.54, 1.807) is 6.20 Å². The van der Waals surface area contributed by atoms with Crippen LogP contribution in [-0.2, 0) is 0 Å². The van der Waals surface area contributed by atoms with Gasteiger partial charge in [-0.05, 0) is 30.2 Å². The first-order valence-corrected chi connectivity index (χ1v) is 4.43. The van der Waals surface area contributed by atoms with Gasteiger partial charge in [-0.2, -0.15) is 0 Å². The lowest BCUT2D eigenvalue weighted by molar-refractivity contribution is 0.937. The Hall–Kier alpha value is -1.59. The smallest absolute Gasteiger partial charge is 0.0779 e. The second-order valence-corrected chi connectivity index (χ2v) is 3.16. The highest BCUT2D eigenvalue weighted by atomic mass is 14.7. The normalized spacial score (nSPS) is 20.1. The zero-order valence-electron chi connectivity index (χ0n) is 7.57. The van der Waals surface area contributed by atoms with E-state index < -0.39 is 0 Å². The van der Waals surface area contributed by atoms with Crippen LogP contribution >= 0.6 is 0 Å². The fourth-order valence-electron chi connectivity index (χ4n) is 1.25. The molecule has 1 nitrogen and oxygen atoms in total. The predicted molar refractivity (Wildman–Crippen MR) is 54.0 cm³/mol. The lowest BCUT2D eigenvalue weighted by Crippen LogP contribution is -1.90. The summed E-state index contributed by atoms with van der Waals surface area (Å²) in [4.78, 5) is 4.26. The summed E-state index contributed by atoms with van der Waals surface area (Å²) >= 11 is 0. The molecule has 0 amide bonds. The first kappa shape index (κ1) is 8.03. The lowest BCUT2D eigenvalue weighted by atomic mass is 10.0. The molecule has 1 aromatic rings. The summed E-state index contributed by atoms with van der Waals surface area (Å²) in [5.74, 6) is 0.493. The van der Waals surface area contributed by atoms with Gasteiger partial charge in [0.2, 0.25) is 0 Å². The first-order valence-electron chi connectivity index (χ1n) is 4.43. The van der Waals surface area contributed by atoms with Gasteiger partial charge in [0.25, 0.3) is 0 Å². The molecule has 1 aromatic heterocycles. The molecule has 0 saturated heterocycles. The number of allylic oxidation sites excluding steroid dienone is 3. The molecule has 1 unspecified atom stereocenters. The molecule has 0 spiro atoms. The minimum Gasteiger partial charge on any atom is -0.256 e. The Morgan fingerprint density at radius 3 is 2.92 bits per heavy atom. The van der Waals surface area contributed by atoms with Crippen molar-refractivity contribution in [2.45, 2.75) is 6.92 Å². The third-order valence-electron chi connectivity index (χ3n) is 2.01. The largest absolute Gasteiger partial charge is 0.256 e. The monoisotopic (exact) mass is 169 g/mol. The van der Waals surface area contributed by atoms with Crippen LogP contribution in [0.2, 0.25) is 0 Å². The summed E-state index contributed by atoms with van der Waals surface area (Å²) in [5.41, 5.74) is 5.28. The van der Waals surface area contributed by atoms with Gasteiger partial charge in [0.1, 0.15) is 0 Å². The zero-order chi connectivity index (χ0) is 9.10. The molecule has 1 aliphatic carbocycles. The third-order valence-corrected chi connectivity index (χ3v) is 2.01. The van der Waals surface area contributed by atoms with E-state index in [4.69, 9.17) is 0 Å². The Bertz CT molecular complexity index is 381. The molecule has 0 saturated carbocycles. The standard InChI is InChI=1S/C12H11N/c1-10-5-7-11(8-6-10)12-4-2-3-9-13-12/h2-7,9-10H,1H3. The summed E-state index contributed by atoms with van der Waals surface area (Å²) in [7, 11) is 0. The van der Waals surface area contributed by atoms with Crippen molar-refractivity contribution in [3.05, 3.63) is 54.0 Å². The van der Waals surface area contributed by atoms with Gasteiger partial charge in [0, 0.05) is 11.8 Å². The van der Waals surface area contributed by atoms with Crippen LogP contribution in [0.25, 0.3) is 5.57 Å². The van der Waals surface area contributed by atoms with Gasteiger partial charge in [-0.15, -0.1) is 5.73 Å². The summed E-state index contributed by atoms with van der Waals surface area (Å²) in [5, 5.41) is 0. The summed E-state index contributed by atoms with van der Waals surface area (Å²) in [6.45, 7) is 2.14. The molecular formula is C12H11N. The Labute approximate surface area is 78.1 Å². The van der Waals surface area contributed by atoms with Gasteiger partial charge < -0.3 is 0 Å². The van der Waals surface area contributed by atoms with E-state index in [0.717, 1.165) is 11.3 Å². The first-order chi connectivity index (χ1) is 6.36.